The highest BCUT2D eigenvalue weighted by Crippen LogP contribution is 2.16. The van der Waals surface area contributed by atoms with Crippen LogP contribution in [-0.2, 0) is 14.3 Å². The predicted molar refractivity (Wildman–Crippen MR) is 273 cm³/mol. The van der Waals surface area contributed by atoms with Crippen molar-refractivity contribution >= 4 is 11.9 Å². The van der Waals surface area contributed by atoms with Crippen LogP contribution < -0.4 is 5.32 Å². The molecule has 0 saturated heterocycles. The summed E-state index contributed by atoms with van der Waals surface area (Å²) in [6, 6.07) is -0.585. The van der Waals surface area contributed by atoms with Crippen LogP contribution in [0.15, 0.2) is 36.5 Å². The third kappa shape index (κ3) is 49.4. The fourth-order valence-corrected chi connectivity index (χ4v) is 8.39. The summed E-state index contributed by atoms with van der Waals surface area (Å²) in [7, 11) is 0. The standard InChI is InChI=1S/C57H107NO5/c1-3-5-7-9-11-13-15-17-19-20-21-22-23-27-31-35-39-43-47-51-57(62)63-52-48-44-40-36-32-28-24-26-30-34-38-42-46-50-56(61)58-54(53-59)55(60)49-45-41-37-33-29-25-18-16-14-12-10-8-6-4-2/h17,19,26,30,38,42,54-55,59-60H,3-16,18,20-25,27-29,31-37,39-41,43-53H2,1-2H3,(H,58,61)/b19-17-,30-26-,42-38-. The minimum atomic E-state index is -0.699. The molecule has 370 valence electrons. The largest absolute Gasteiger partial charge is 0.466 e. The quantitative estimate of drug-likeness (QED) is 0.0321. The molecule has 0 bridgehead atoms. The highest BCUT2D eigenvalue weighted by atomic mass is 16.5. The number of allylic oxidation sites excluding steroid dienone is 6. The number of amides is 1. The van der Waals surface area contributed by atoms with Gasteiger partial charge < -0.3 is 20.3 Å². The molecule has 0 spiro atoms. The number of hydrogen-bond acceptors (Lipinski definition) is 5. The van der Waals surface area contributed by atoms with Gasteiger partial charge in [-0.15, -0.1) is 0 Å². The molecule has 0 rings (SSSR count). The zero-order chi connectivity index (χ0) is 45.8. The van der Waals surface area contributed by atoms with Crippen molar-refractivity contribution in [1.82, 2.24) is 5.32 Å². The van der Waals surface area contributed by atoms with Crippen molar-refractivity contribution in [1.29, 1.82) is 0 Å². The normalized spacial score (nSPS) is 12.9. The molecule has 6 heteroatoms. The Bertz CT molecular complexity index is 1020. The molecule has 0 aliphatic heterocycles. The van der Waals surface area contributed by atoms with Crippen molar-refractivity contribution in [2.45, 2.75) is 302 Å². The van der Waals surface area contributed by atoms with Gasteiger partial charge in [-0.3, -0.25) is 9.59 Å². The minimum Gasteiger partial charge on any atom is -0.466 e. The van der Waals surface area contributed by atoms with E-state index in [9.17, 15) is 19.8 Å². The molecule has 0 aromatic rings. The van der Waals surface area contributed by atoms with E-state index in [-0.39, 0.29) is 18.5 Å². The molecule has 0 heterocycles. The van der Waals surface area contributed by atoms with Crippen LogP contribution in [0.2, 0.25) is 0 Å². The minimum absolute atomic E-state index is 0.0176. The Kier molecular flexibility index (Phi) is 51.1. The zero-order valence-electron chi connectivity index (χ0n) is 42.1. The topological polar surface area (TPSA) is 95.9 Å². The lowest BCUT2D eigenvalue weighted by atomic mass is 10.0. The molecular formula is C57H107NO5. The molecule has 6 nitrogen and oxygen atoms in total. The number of esters is 1. The third-order valence-corrected chi connectivity index (χ3v) is 12.7. The Morgan fingerprint density at radius 3 is 1.25 bits per heavy atom. The lowest BCUT2D eigenvalue weighted by molar-refractivity contribution is -0.143. The molecule has 2 atom stereocenters. The van der Waals surface area contributed by atoms with E-state index in [2.05, 4.69) is 49.5 Å². The van der Waals surface area contributed by atoms with Crippen molar-refractivity contribution < 1.29 is 24.5 Å². The van der Waals surface area contributed by atoms with E-state index in [0.29, 0.717) is 32.3 Å². The van der Waals surface area contributed by atoms with Crippen molar-refractivity contribution in [2.75, 3.05) is 13.2 Å². The lowest BCUT2D eigenvalue weighted by Crippen LogP contribution is -2.45. The van der Waals surface area contributed by atoms with Crippen molar-refractivity contribution in [3.63, 3.8) is 0 Å². The molecule has 0 aliphatic carbocycles. The van der Waals surface area contributed by atoms with Gasteiger partial charge in [0.15, 0.2) is 0 Å². The second-order valence-corrected chi connectivity index (χ2v) is 18.9. The van der Waals surface area contributed by atoms with E-state index in [1.54, 1.807) is 0 Å². The molecule has 0 aromatic heterocycles. The van der Waals surface area contributed by atoms with Gasteiger partial charge in [0.05, 0.1) is 25.4 Å². The van der Waals surface area contributed by atoms with E-state index < -0.39 is 12.1 Å². The summed E-state index contributed by atoms with van der Waals surface area (Å²) in [5.74, 6) is -0.133. The Labute approximate surface area is 392 Å². The van der Waals surface area contributed by atoms with Crippen molar-refractivity contribution in [2.24, 2.45) is 0 Å². The number of aliphatic hydroxyl groups is 2. The summed E-state index contributed by atoms with van der Waals surface area (Å²) in [5, 5.41) is 23.1. The average Bonchev–Trinajstić information content (AvgIpc) is 3.28. The van der Waals surface area contributed by atoms with E-state index in [1.165, 1.54) is 199 Å². The van der Waals surface area contributed by atoms with Crippen LogP contribution in [-0.4, -0.2) is 47.4 Å². The molecule has 0 aromatic carbocycles. The second kappa shape index (κ2) is 52.7. The van der Waals surface area contributed by atoms with Gasteiger partial charge in [0.25, 0.3) is 0 Å². The second-order valence-electron chi connectivity index (χ2n) is 18.9. The predicted octanol–water partition coefficient (Wildman–Crippen LogP) is 16.9. The molecule has 3 N–H and O–H groups in total. The SMILES string of the molecule is CCCCCCCC/C=C\CCCCCCCCCCCC(=O)OCCCCCCCC/C=C\C/C=C\CCC(=O)NC(CO)C(O)CCCCCCCCCCCCCCCC. The van der Waals surface area contributed by atoms with Crippen LogP contribution >= 0.6 is 0 Å². The van der Waals surface area contributed by atoms with E-state index >= 15 is 0 Å². The monoisotopic (exact) mass is 886 g/mol. The lowest BCUT2D eigenvalue weighted by Gasteiger charge is -2.22. The highest BCUT2D eigenvalue weighted by Gasteiger charge is 2.19. The van der Waals surface area contributed by atoms with Gasteiger partial charge >= 0.3 is 5.97 Å². The van der Waals surface area contributed by atoms with Gasteiger partial charge in [-0.2, -0.15) is 0 Å². The maximum atomic E-state index is 12.4. The number of rotatable bonds is 51. The first kappa shape index (κ1) is 61.1. The van der Waals surface area contributed by atoms with Crippen LogP contribution in [0.5, 0.6) is 0 Å². The van der Waals surface area contributed by atoms with Crippen LogP contribution in [0.25, 0.3) is 0 Å². The number of carbonyl (C=O) groups excluding carboxylic acids is 2. The number of unbranched alkanes of at least 4 members (excludes halogenated alkanes) is 34. The van der Waals surface area contributed by atoms with Crippen LogP contribution in [0.4, 0.5) is 0 Å². The van der Waals surface area contributed by atoms with Gasteiger partial charge in [0, 0.05) is 12.8 Å². The number of carbonyl (C=O) groups is 2. The van der Waals surface area contributed by atoms with Gasteiger partial charge in [-0.1, -0.05) is 243 Å². The van der Waals surface area contributed by atoms with Gasteiger partial charge in [0.1, 0.15) is 0 Å². The molecular weight excluding hydrogens is 779 g/mol. The van der Waals surface area contributed by atoms with Crippen molar-refractivity contribution in [3.8, 4) is 0 Å². The maximum absolute atomic E-state index is 12.4. The molecule has 0 radical (unpaired) electrons. The fourth-order valence-electron chi connectivity index (χ4n) is 8.39. The summed E-state index contributed by atoms with van der Waals surface area (Å²) >= 11 is 0. The third-order valence-electron chi connectivity index (χ3n) is 12.7. The van der Waals surface area contributed by atoms with E-state index in [4.69, 9.17) is 4.74 Å². The number of aliphatic hydroxyl groups excluding tert-OH is 2. The Balaban J connectivity index is 3.52. The molecule has 0 fully saturated rings. The Hall–Kier alpha value is -1.92. The highest BCUT2D eigenvalue weighted by molar-refractivity contribution is 5.76. The van der Waals surface area contributed by atoms with Crippen LogP contribution in [0.3, 0.4) is 0 Å². The van der Waals surface area contributed by atoms with E-state index in [1.807, 2.05) is 6.08 Å². The number of nitrogens with one attached hydrogen (secondary N) is 1. The Morgan fingerprint density at radius 2 is 0.810 bits per heavy atom. The first-order chi connectivity index (χ1) is 31.0. The van der Waals surface area contributed by atoms with Crippen molar-refractivity contribution in [3.05, 3.63) is 36.5 Å². The molecule has 2 unspecified atom stereocenters. The summed E-state index contributed by atoms with van der Waals surface area (Å²) in [6.07, 6.45) is 64.2. The Morgan fingerprint density at radius 1 is 0.444 bits per heavy atom. The number of hydrogen-bond donors (Lipinski definition) is 3. The first-order valence-electron chi connectivity index (χ1n) is 27.7. The van der Waals surface area contributed by atoms with Crippen LogP contribution in [0, 0.1) is 0 Å². The molecule has 1 amide bonds. The van der Waals surface area contributed by atoms with E-state index in [0.717, 1.165) is 51.4 Å². The van der Waals surface area contributed by atoms with Gasteiger partial charge in [-0.05, 0) is 70.6 Å². The summed E-state index contributed by atoms with van der Waals surface area (Å²) in [5.41, 5.74) is 0. The molecule has 0 saturated carbocycles. The maximum Gasteiger partial charge on any atom is 0.305 e. The number of ether oxygens (including phenoxy) is 1. The average molecular weight is 886 g/mol. The smallest absolute Gasteiger partial charge is 0.305 e. The van der Waals surface area contributed by atoms with Gasteiger partial charge in [-0.25, -0.2) is 0 Å². The fraction of sp³-hybridized carbons (Fsp3) is 0.860. The summed E-state index contributed by atoms with van der Waals surface area (Å²) in [4.78, 5) is 24.5. The van der Waals surface area contributed by atoms with Crippen LogP contribution in [0.1, 0.15) is 290 Å². The zero-order valence-corrected chi connectivity index (χ0v) is 42.1. The molecule has 63 heavy (non-hydrogen) atoms. The van der Waals surface area contributed by atoms with Gasteiger partial charge in [0.2, 0.25) is 5.91 Å². The first-order valence-corrected chi connectivity index (χ1v) is 27.7. The summed E-state index contributed by atoms with van der Waals surface area (Å²) in [6.45, 7) is 4.89. The summed E-state index contributed by atoms with van der Waals surface area (Å²) < 4.78 is 5.47. The molecule has 0 aliphatic rings.